The summed E-state index contributed by atoms with van der Waals surface area (Å²) in [4.78, 5) is 0. The summed E-state index contributed by atoms with van der Waals surface area (Å²) >= 11 is 0. The van der Waals surface area contributed by atoms with E-state index in [-0.39, 0.29) is 0 Å². The van der Waals surface area contributed by atoms with Gasteiger partial charge < -0.3 is 15.4 Å². The lowest BCUT2D eigenvalue weighted by atomic mass is 9.88. The van der Waals surface area contributed by atoms with Gasteiger partial charge in [-0.2, -0.15) is 0 Å². The van der Waals surface area contributed by atoms with E-state index in [1.807, 2.05) is 0 Å². The molecule has 1 saturated carbocycles. The van der Waals surface area contributed by atoms with Crippen LogP contribution < -0.4 is 10.6 Å². The fourth-order valence-electron chi connectivity index (χ4n) is 3.25. The van der Waals surface area contributed by atoms with E-state index in [4.69, 9.17) is 4.74 Å². The van der Waals surface area contributed by atoms with Crippen LogP contribution in [0.2, 0.25) is 0 Å². The Kier molecular flexibility index (Phi) is 4.83. The highest BCUT2D eigenvalue weighted by Crippen LogP contribution is 2.36. The summed E-state index contributed by atoms with van der Waals surface area (Å²) in [6, 6.07) is 0.559. The molecule has 2 aliphatic rings. The molecule has 0 aromatic heterocycles. The molecule has 2 atom stereocenters. The summed E-state index contributed by atoms with van der Waals surface area (Å²) in [5, 5.41) is 7.20. The van der Waals surface area contributed by atoms with Crippen molar-refractivity contribution in [3.63, 3.8) is 0 Å². The Morgan fingerprint density at radius 3 is 2.71 bits per heavy atom. The fourth-order valence-corrected chi connectivity index (χ4v) is 3.25. The van der Waals surface area contributed by atoms with Gasteiger partial charge in [0.15, 0.2) is 0 Å². The lowest BCUT2D eigenvalue weighted by molar-refractivity contribution is 0.181. The van der Waals surface area contributed by atoms with E-state index < -0.39 is 0 Å². The molecule has 3 nitrogen and oxygen atoms in total. The van der Waals surface area contributed by atoms with Gasteiger partial charge in [-0.25, -0.2) is 0 Å². The second kappa shape index (κ2) is 6.17. The minimum absolute atomic E-state index is 0.559. The van der Waals surface area contributed by atoms with Gasteiger partial charge in [0.2, 0.25) is 0 Å². The molecule has 3 heteroatoms. The minimum Gasteiger partial charge on any atom is -0.379 e. The molecule has 0 aromatic carbocycles. The first-order valence-electron chi connectivity index (χ1n) is 7.25. The predicted octanol–water partition coefficient (Wildman–Crippen LogP) is 1.78. The lowest BCUT2D eigenvalue weighted by Crippen LogP contribution is -2.42. The monoisotopic (exact) mass is 240 g/mol. The summed E-state index contributed by atoms with van der Waals surface area (Å²) in [6.07, 6.45) is 5.64. The van der Waals surface area contributed by atoms with Gasteiger partial charge in [-0.05, 0) is 24.8 Å². The first-order valence-corrected chi connectivity index (χ1v) is 7.25. The highest BCUT2D eigenvalue weighted by atomic mass is 16.5. The normalized spacial score (nSPS) is 32.1. The van der Waals surface area contributed by atoms with Crippen LogP contribution in [0.4, 0.5) is 0 Å². The molecule has 17 heavy (non-hydrogen) atoms. The maximum Gasteiger partial charge on any atom is 0.0623 e. The molecule has 1 saturated heterocycles. The minimum atomic E-state index is 0.559. The van der Waals surface area contributed by atoms with E-state index in [2.05, 4.69) is 24.5 Å². The molecular weight excluding hydrogens is 212 g/mol. The summed E-state index contributed by atoms with van der Waals surface area (Å²) < 4.78 is 5.57. The molecule has 2 N–H and O–H groups in total. The topological polar surface area (TPSA) is 33.3 Å². The molecule has 0 amide bonds. The third kappa shape index (κ3) is 3.67. The van der Waals surface area contributed by atoms with E-state index in [1.54, 1.807) is 0 Å². The number of ether oxygens (including phenoxy) is 1. The first kappa shape index (κ1) is 13.3. The van der Waals surface area contributed by atoms with E-state index in [0.717, 1.165) is 26.3 Å². The van der Waals surface area contributed by atoms with Crippen molar-refractivity contribution in [2.75, 3.05) is 32.8 Å². The number of hydrogen-bond acceptors (Lipinski definition) is 3. The lowest BCUT2D eigenvalue weighted by Gasteiger charge is -2.26. The van der Waals surface area contributed by atoms with Crippen molar-refractivity contribution in [1.82, 2.24) is 10.6 Å². The van der Waals surface area contributed by atoms with Crippen LogP contribution in [0.3, 0.4) is 0 Å². The van der Waals surface area contributed by atoms with E-state index in [1.165, 1.54) is 32.2 Å². The highest BCUT2D eigenvalue weighted by molar-refractivity contribution is 4.86. The number of nitrogens with one attached hydrogen (secondary N) is 2. The van der Waals surface area contributed by atoms with Crippen LogP contribution in [-0.2, 0) is 4.74 Å². The predicted molar refractivity (Wildman–Crippen MR) is 71.2 cm³/mol. The van der Waals surface area contributed by atoms with Crippen molar-refractivity contribution < 1.29 is 4.74 Å². The van der Waals surface area contributed by atoms with Crippen LogP contribution in [-0.4, -0.2) is 38.9 Å². The van der Waals surface area contributed by atoms with Gasteiger partial charge in [-0.1, -0.05) is 26.7 Å². The quantitative estimate of drug-likeness (QED) is 0.742. The fraction of sp³-hybridized carbons (Fsp3) is 1.00. The summed E-state index contributed by atoms with van der Waals surface area (Å²) in [5.74, 6) is 0.653. The van der Waals surface area contributed by atoms with Gasteiger partial charge in [0.25, 0.3) is 0 Å². The highest BCUT2D eigenvalue weighted by Gasteiger charge is 2.30. The molecule has 2 rings (SSSR count). The molecule has 2 unspecified atom stereocenters. The van der Waals surface area contributed by atoms with Gasteiger partial charge in [-0.3, -0.25) is 0 Å². The molecule has 0 spiro atoms. The van der Waals surface area contributed by atoms with Gasteiger partial charge in [0.05, 0.1) is 13.2 Å². The first-order chi connectivity index (χ1) is 8.23. The molecular formula is C14H28N2O. The Bertz CT molecular complexity index is 226. The zero-order valence-electron chi connectivity index (χ0n) is 11.4. The van der Waals surface area contributed by atoms with Crippen LogP contribution in [0.25, 0.3) is 0 Å². The molecule has 0 aromatic rings. The molecule has 2 fully saturated rings. The third-order valence-electron chi connectivity index (χ3n) is 4.43. The molecule has 1 aliphatic heterocycles. The van der Waals surface area contributed by atoms with Gasteiger partial charge in [0, 0.05) is 25.0 Å². The largest absolute Gasteiger partial charge is 0.379 e. The van der Waals surface area contributed by atoms with Crippen molar-refractivity contribution in [3.05, 3.63) is 0 Å². The van der Waals surface area contributed by atoms with E-state index >= 15 is 0 Å². The van der Waals surface area contributed by atoms with Crippen molar-refractivity contribution in [2.45, 2.75) is 45.6 Å². The standard InChI is InChI=1S/C14H28N2O/c1-3-16-13-10-17-9-12(13)8-15-11-14(2)6-4-5-7-14/h12-13,15-16H,3-11H2,1-2H3. The van der Waals surface area contributed by atoms with Gasteiger partial charge in [-0.15, -0.1) is 0 Å². The Labute approximate surface area is 106 Å². The van der Waals surface area contributed by atoms with Crippen LogP contribution in [0, 0.1) is 11.3 Å². The van der Waals surface area contributed by atoms with Crippen LogP contribution in [0.15, 0.2) is 0 Å². The second-order valence-corrected chi connectivity index (χ2v) is 6.11. The smallest absolute Gasteiger partial charge is 0.0623 e. The van der Waals surface area contributed by atoms with Crippen LogP contribution >= 0.6 is 0 Å². The number of rotatable bonds is 6. The third-order valence-corrected chi connectivity index (χ3v) is 4.43. The average Bonchev–Trinajstić information content (AvgIpc) is 2.90. The van der Waals surface area contributed by atoms with E-state index in [9.17, 15) is 0 Å². The van der Waals surface area contributed by atoms with Crippen molar-refractivity contribution >= 4 is 0 Å². The molecule has 100 valence electrons. The molecule has 0 bridgehead atoms. The SMILES string of the molecule is CCNC1COCC1CNCC1(C)CCCC1. The molecule has 1 heterocycles. The number of likely N-dealkylation sites (N-methyl/N-ethyl adjacent to an activating group) is 1. The van der Waals surface area contributed by atoms with E-state index in [0.29, 0.717) is 17.4 Å². The van der Waals surface area contributed by atoms with Crippen molar-refractivity contribution in [3.8, 4) is 0 Å². The summed E-state index contributed by atoms with van der Waals surface area (Å²) in [7, 11) is 0. The molecule has 1 aliphatic carbocycles. The Hall–Kier alpha value is -0.120. The van der Waals surface area contributed by atoms with Crippen LogP contribution in [0.1, 0.15) is 39.5 Å². The average molecular weight is 240 g/mol. The second-order valence-electron chi connectivity index (χ2n) is 6.11. The number of hydrogen-bond donors (Lipinski definition) is 2. The van der Waals surface area contributed by atoms with Crippen molar-refractivity contribution in [1.29, 1.82) is 0 Å². The Balaban J connectivity index is 1.67. The summed E-state index contributed by atoms with van der Waals surface area (Å²) in [5.41, 5.74) is 0.563. The molecule has 0 radical (unpaired) electrons. The Morgan fingerprint density at radius 2 is 2.00 bits per heavy atom. The zero-order valence-corrected chi connectivity index (χ0v) is 11.4. The maximum absolute atomic E-state index is 5.57. The Morgan fingerprint density at radius 1 is 1.24 bits per heavy atom. The van der Waals surface area contributed by atoms with Gasteiger partial charge in [0.1, 0.15) is 0 Å². The van der Waals surface area contributed by atoms with Gasteiger partial charge >= 0.3 is 0 Å². The van der Waals surface area contributed by atoms with Crippen molar-refractivity contribution in [2.24, 2.45) is 11.3 Å². The maximum atomic E-state index is 5.57. The van der Waals surface area contributed by atoms with Crippen LogP contribution in [0.5, 0.6) is 0 Å². The summed E-state index contributed by atoms with van der Waals surface area (Å²) in [6.45, 7) is 9.74. The zero-order chi connectivity index (χ0) is 12.1.